The lowest BCUT2D eigenvalue weighted by Crippen LogP contribution is -2.49. The second-order valence-electron chi connectivity index (χ2n) is 16.4. The molecule has 9 heteroatoms. The number of methoxy groups -OCH3 is 3. The van der Waals surface area contributed by atoms with Crippen molar-refractivity contribution < 1.29 is 28.2 Å². The highest BCUT2D eigenvalue weighted by molar-refractivity contribution is 6.74. The van der Waals surface area contributed by atoms with E-state index in [-0.39, 0.29) is 35.2 Å². The zero-order chi connectivity index (χ0) is 39.2. The molecule has 0 saturated heterocycles. The van der Waals surface area contributed by atoms with Crippen LogP contribution in [-0.2, 0) is 24.4 Å². The zero-order valence-corrected chi connectivity index (χ0v) is 36.9. The Morgan fingerprint density at radius 1 is 0.941 bits per heavy atom. The SMILES string of the molecule is C=CCN(CC=C)c1cc(O[Si](C)(C)C(C)(C)C)cc([C@](O)(O[Si](C)(C)CCCC)C(C)CC(OC)C(OC)C(C)C=C(C)CC(C=C)OC)c1. The summed E-state index contributed by atoms with van der Waals surface area (Å²) in [6.07, 6.45) is 10.6. The molecule has 1 aromatic carbocycles. The molecule has 0 bridgehead atoms. The molecule has 0 spiro atoms. The van der Waals surface area contributed by atoms with Crippen molar-refractivity contribution in [1.82, 2.24) is 0 Å². The van der Waals surface area contributed by atoms with Gasteiger partial charge in [0.25, 0.3) is 0 Å². The molecule has 0 fully saturated rings. The summed E-state index contributed by atoms with van der Waals surface area (Å²) in [4.78, 5) is 2.18. The first-order valence-corrected chi connectivity index (χ1v) is 24.8. The maximum Gasteiger partial charge on any atom is 0.250 e. The molecule has 0 amide bonds. The van der Waals surface area contributed by atoms with Crippen LogP contribution in [0.15, 0.2) is 67.8 Å². The average molecular weight is 746 g/mol. The Hall–Kier alpha value is -1.99. The minimum Gasteiger partial charge on any atom is -0.543 e. The largest absolute Gasteiger partial charge is 0.543 e. The van der Waals surface area contributed by atoms with Gasteiger partial charge in [0.15, 0.2) is 14.1 Å². The van der Waals surface area contributed by atoms with Gasteiger partial charge in [0.1, 0.15) is 5.75 Å². The number of unbranched alkanes of at least 4 members (excludes halogenated alkanes) is 1. The first kappa shape index (κ1) is 47.0. The van der Waals surface area contributed by atoms with Gasteiger partial charge in [0.05, 0.1) is 18.3 Å². The lowest BCUT2D eigenvalue weighted by molar-refractivity contribution is -0.202. The van der Waals surface area contributed by atoms with Gasteiger partial charge in [-0.15, -0.1) is 19.7 Å². The van der Waals surface area contributed by atoms with E-state index in [1.807, 2.05) is 24.3 Å². The maximum absolute atomic E-state index is 13.1. The summed E-state index contributed by atoms with van der Waals surface area (Å²) < 4.78 is 31.9. The third-order valence-corrected chi connectivity index (χ3v) is 17.2. The van der Waals surface area contributed by atoms with Crippen LogP contribution in [0.4, 0.5) is 5.69 Å². The number of ether oxygens (including phenoxy) is 3. The fraction of sp³-hybridized carbons (Fsp3) is 0.667. The van der Waals surface area contributed by atoms with Gasteiger partial charge in [-0.05, 0) is 69.2 Å². The van der Waals surface area contributed by atoms with Crippen LogP contribution in [-0.4, -0.2) is 74.5 Å². The fourth-order valence-electron chi connectivity index (χ4n) is 6.36. The molecule has 6 atom stereocenters. The molecule has 0 radical (unpaired) electrons. The van der Waals surface area contributed by atoms with Crippen molar-refractivity contribution in [2.75, 3.05) is 39.3 Å². The lowest BCUT2D eigenvalue weighted by atomic mass is 9.84. The summed E-state index contributed by atoms with van der Waals surface area (Å²) in [6.45, 7) is 37.3. The van der Waals surface area contributed by atoms with Crippen LogP contribution in [0.2, 0.25) is 37.3 Å². The number of hydrogen-bond donors (Lipinski definition) is 1. The van der Waals surface area contributed by atoms with Crippen LogP contribution in [0.5, 0.6) is 5.75 Å². The Morgan fingerprint density at radius 3 is 2.02 bits per heavy atom. The second-order valence-corrected chi connectivity index (χ2v) is 25.4. The number of hydrogen-bond acceptors (Lipinski definition) is 7. The number of benzene rings is 1. The molecule has 0 aliphatic carbocycles. The number of rotatable bonds is 25. The summed E-state index contributed by atoms with van der Waals surface area (Å²) in [5.41, 5.74) is 2.79. The van der Waals surface area contributed by atoms with Crippen LogP contribution in [0.3, 0.4) is 0 Å². The van der Waals surface area contributed by atoms with Gasteiger partial charge in [0.2, 0.25) is 8.32 Å². The van der Waals surface area contributed by atoms with Gasteiger partial charge in [-0.1, -0.05) is 84.3 Å². The van der Waals surface area contributed by atoms with E-state index in [1.165, 1.54) is 5.57 Å². The molecular formula is C42H75NO6Si2. The Labute approximate surface area is 315 Å². The highest BCUT2D eigenvalue weighted by atomic mass is 28.4. The quantitative estimate of drug-likeness (QED) is 0.0607. The Kier molecular flexibility index (Phi) is 19.4. The van der Waals surface area contributed by atoms with Crippen LogP contribution < -0.4 is 9.33 Å². The van der Waals surface area contributed by atoms with Crippen molar-refractivity contribution in [2.45, 2.75) is 136 Å². The highest BCUT2D eigenvalue weighted by Gasteiger charge is 2.45. The maximum atomic E-state index is 13.1. The highest BCUT2D eigenvalue weighted by Crippen LogP contribution is 2.44. The minimum absolute atomic E-state index is 0.0132. The van der Waals surface area contributed by atoms with Gasteiger partial charge in [-0.2, -0.15) is 0 Å². The van der Waals surface area contributed by atoms with Crippen molar-refractivity contribution in [3.8, 4) is 5.75 Å². The molecule has 292 valence electrons. The molecule has 7 nitrogen and oxygen atoms in total. The molecule has 1 N–H and O–H groups in total. The van der Waals surface area contributed by atoms with E-state index in [0.717, 1.165) is 36.7 Å². The first-order chi connectivity index (χ1) is 23.7. The van der Waals surface area contributed by atoms with E-state index < -0.39 is 22.4 Å². The van der Waals surface area contributed by atoms with Crippen molar-refractivity contribution in [2.24, 2.45) is 11.8 Å². The third-order valence-electron chi connectivity index (χ3n) is 10.5. The fourth-order valence-corrected chi connectivity index (χ4v) is 9.85. The van der Waals surface area contributed by atoms with Gasteiger partial charge < -0.3 is 33.1 Å². The minimum atomic E-state index is -2.37. The molecule has 51 heavy (non-hydrogen) atoms. The molecule has 5 unspecified atom stereocenters. The summed E-state index contributed by atoms with van der Waals surface area (Å²) in [5.74, 6) is -1.22. The monoisotopic (exact) mass is 746 g/mol. The van der Waals surface area contributed by atoms with Gasteiger partial charge in [-0.25, -0.2) is 0 Å². The summed E-state index contributed by atoms with van der Waals surface area (Å²) in [5, 5.41) is 13.1. The summed E-state index contributed by atoms with van der Waals surface area (Å²) in [7, 11) is 0.551. The molecule has 0 aliphatic rings. The lowest BCUT2D eigenvalue weighted by Gasteiger charge is -2.43. The predicted octanol–water partition coefficient (Wildman–Crippen LogP) is 10.6. The zero-order valence-electron chi connectivity index (χ0n) is 34.9. The molecule has 0 heterocycles. The van der Waals surface area contributed by atoms with Crippen LogP contribution in [0.1, 0.15) is 79.7 Å². The molecular weight excluding hydrogens is 671 g/mol. The van der Waals surface area contributed by atoms with Gasteiger partial charge >= 0.3 is 0 Å². The van der Waals surface area contributed by atoms with Crippen molar-refractivity contribution in [3.05, 3.63) is 73.4 Å². The van der Waals surface area contributed by atoms with Crippen molar-refractivity contribution in [1.29, 1.82) is 0 Å². The molecule has 1 aromatic rings. The van der Waals surface area contributed by atoms with E-state index in [1.54, 1.807) is 21.3 Å². The topological polar surface area (TPSA) is 69.6 Å². The van der Waals surface area contributed by atoms with E-state index >= 15 is 0 Å². The van der Waals surface area contributed by atoms with Crippen molar-refractivity contribution >= 4 is 22.3 Å². The molecule has 0 saturated carbocycles. The second kappa shape index (κ2) is 21.0. The first-order valence-electron chi connectivity index (χ1n) is 18.8. The van der Waals surface area contributed by atoms with Gasteiger partial charge in [0, 0.05) is 63.6 Å². The molecule has 1 rings (SSSR count). The number of nitrogens with zero attached hydrogens (tertiary/aromatic N) is 1. The Morgan fingerprint density at radius 2 is 1.55 bits per heavy atom. The summed E-state index contributed by atoms with van der Waals surface area (Å²) in [6, 6.07) is 7.08. The average Bonchev–Trinajstić information content (AvgIpc) is 3.04. The van der Waals surface area contributed by atoms with E-state index in [2.05, 4.69) is 117 Å². The third kappa shape index (κ3) is 14.1. The molecule has 0 aromatic heterocycles. The molecule has 0 aliphatic heterocycles. The van der Waals surface area contributed by atoms with E-state index in [0.29, 0.717) is 25.1 Å². The standard InChI is InChI=1S/C42H75NO6Si2/c1-18-22-25-50(14,15)49-42(44,34(7)28-39(46-12)40(47-13)33(6)26-32(5)27-37(21-4)45-11)35-29-36(43(23-19-2)24-20-3)31-38(30-35)48-51(16,17)41(8,9)10/h19-21,26,29-31,33-34,37,39-40,44H,2-4,18,22-25,27-28H2,1,5-17H3/t33?,34?,37?,39?,40?,42-/m1/s1. The predicted molar refractivity (Wildman–Crippen MR) is 223 cm³/mol. The number of aliphatic hydroxyl groups is 1. The van der Waals surface area contributed by atoms with Crippen LogP contribution >= 0.6 is 0 Å². The Balaban J connectivity index is 3.90. The number of anilines is 1. The normalized spacial score (nSPS) is 17.1. The van der Waals surface area contributed by atoms with Crippen molar-refractivity contribution in [3.63, 3.8) is 0 Å². The van der Waals surface area contributed by atoms with Crippen LogP contribution in [0.25, 0.3) is 0 Å². The summed E-state index contributed by atoms with van der Waals surface area (Å²) >= 11 is 0. The van der Waals surface area contributed by atoms with Crippen LogP contribution in [0, 0.1) is 11.8 Å². The smallest absolute Gasteiger partial charge is 0.250 e. The van der Waals surface area contributed by atoms with E-state index in [4.69, 9.17) is 23.1 Å². The van der Waals surface area contributed by atoms with E-state index in [9.17, 15) is 5.11 Å². The van der Waals surface area contributed by atoms with Gasteiger partial charge in [-0.3, -0.25) is 0 Å². The Bertz CT molecular complexity index is 1250.